The number of nitrogens with zero attached hydrogens (tertiary/aromatic N) is 2. The molecule has 0 unspecified atom stereocenters. The van der Waals surface area contributed by atoms with Crippen molar-refractivity contribution in [2.75, 3.05) is 26.0 Å². The summed E-state index contributed by atoms with van der Waals surface area (Å²) in [7, 11) is -1.86. The normalized spacial score (nSPS) is 16.6. The van der Waals surface area contributed by atoms with Crippen LogP contribution < -0.4 is 0 Å². The summed E-state index contributed by atoms with van der Waals surface area (Å²) in [6, 6.07) is 3.99. The summed E-state index contributed by atoms with van der Waals surface area (Å²) < 4.78 is 31.3. The fourth-order valence-electron chi connectivity index (χ4n) is 3.72. The van der Waals surface area contributed by atoms with E-state index in [0.717, 1.165) is 23.9 Å². The fourth-order valence-corrected chi connectivity index (χ4v) is 5.32. The summed E-state index contributed by atoms with van der Waals surface area (Å²) in [5.41, 5.74) is 2.12. The molecule has 0 bridgehead atoms. The number of ether oxygens (including phenoxy) is 1. The Kier molecular flexibility index (Phi) is 6.49. The summed E-state index contributed by atoms with van der Waals surface area (Å²) in [5.74, 6) is 0.261. The molecule has 0 aliphatic carbocycles. The quantitative estimate of drug-likeness (QED) is 0.550. The SMILES string of the molecule is COC(=O)CCCCCS(=O)(=O)N1CCC(c2c[nH]c3ncccc23)CC1. The molecule has 148 valence electrons. The lowest BCUT2D eigenvalue weighted by Gasteiger charge is -2.31. The number of nitrogens with one attached hydrogen (secondary N) is 1. The van der Waals surface area contributed by atoms with E-state index in [0.29, 0.717) is 44.7 Å². The standard InChI is InChI=1S/C19H27N3O4S/c1-26-18(23)7-3-2-4-13-27(24,25)22-11-8-15(9-12-22)17-14-21-19-16(17)6-5-10-20-19/h5-6,10,14-15H,2-4,7-9,11-13H2,1H3,(H,20,21). The number of methoxy groups -OCH3 is 1. The Morgan fingerprint density at radius 2 is 2.07 bits per heavy atom. The minimum Gasteiger partial charge on any atom is -0.469 e. The lowest BCUT2D eigenvalue weighted by Crippen LogP contribution is -2.39. The molecule has 0 atom stereocenters. The van der Waals surface area contributed by atoms with Crippen LogP contribution in [0.15, 0.2) is 24.5 Å². The van der Waals surface area contributed by atoms with Gasteiger partial charge in [0.1, 0.15) is 5.65 Å². The van der Waals surface area contributed by atoms with E-state index in [9.17, 15) is 13.2 Å². The molecule has 1 saturated heterocycles. The minimum atomic E-state index is -3.23. The molecule has 1 aliphatic heterocycles. The van der Waals surface area contributed by atoms with Crippen molar-refractivity contribution in [1.29, 1.82) is 0 Å². The molecule has 0 radical (unpaired) electrons. The minimum absolute atomic E-state index is 0.149. The van der Waals surface area contributed by atoms with Crippen LogP contribution >= 0.6 is 0 Å². The smallest absolute Gasteiger partial charge is 0.305 e. The number of aromatic nitrogens is 2. The van der Waals surface area contributed by atoms with Gasteiger partial charge < -0.3 is 9.72 Å². The van der Waals surface area contributed by atoms with Gasteiger partial charge in [-0.3, -0.25) is 4.79 Å². The predicted octanol–water partition coefficient (Wildman–Crippen LogP) is 2.81. The number of fused-ring (bicyclic) bond motifs is 1. The van der Waals surface area contributed by atoms with E-state index in [1.165, 1.54) is 12.7 Å². The van der Waals surface area contributed by atoms with Crippen molar-refractivity contribution in [3.63, 3.8) is 0 Å². The van der Waals surface area contributed by atoms with Gasteiger partial charge in [-0.2, -0.15) is 0 Å². The van der Waals surface area contributed by atoms with Crippen LogP contribution in [0.3, 0.4) is 0 Å². The van der Waals surface area contributed by atoms with Gasteiger partial charge in [0.2, 0.25) is 10.0 Å². The van der Waals surface area contributed by atoms with E-state index in [1.807, 2.05) is 12.3 Å². The highest BCUT2D eigenvalue weighted by molar-refractivity contribution is 7.89. The number of hydrogen-bond acceptors (Lipinski definition) is 5. The van der Waals surface area contributed by atoms with E-state index in [2.05, 4.69) is 20.8 Å². The predicted molar refractivity (Wildman–Crippen MR) is 104 cm³/mol. The maximum absolute atomic E-state index is 12.6. The zero-order valence-electron chi connectivity index (χ0n) is 15.7. The third kappa shape index (κ3) is 4.87. The van der Waals surface area contributed by atoms with Crippen LogP contribution in [0.25, 0.3) is 11.0 Å². The van der Waals surface area contributed by atoms with Crippen LogP contribution in [0.1, 0.15) is 50.0 Å². The Labute approximate surface area is 160 Å². The molecule has 1 aliphatic rings. The summed E-state index contributed by atoms with van der Waals surface area (Å²) in [5, 5.41) is 1.13. The van der Waals surface area contributed by atoms with Gasteiger partial charge in [0.15, 0.2) is 0 Å². The fraction of sp³-hybridized carbons (Fsp3) is 0.579. The second-order valence-electron chi connectivity index (χ2n) is 7.02. The van der Waals surface area contributed by atoms with Crippen LogP contribution in [0, 0.1) is 0 Å². The van der Waals surface area contributed by atoms with Gasteiger partial charge in [-0.1, -0.05) is 6.42 Å². The second kappa shape index (κ2) is 8.84. The third-order valence-corrected chi connectivity index (χ3v) is 7.24. The van der Waals surface area contributed by atoms with Crippen LogP contribution in [-0.4, -0.2) is 54.6 Å². The van der Waals surface area contributed by atoms with Gasteiger partial charge in [-0.15, -0.1) is 0 Å². The number of sulfonamides is 1. The number of aromatic amines is 1. The molecule has 3 heterocycles. The lowest BCUT2D eigenvalue weighted by molar-refractivity contribution is -0.140. The number of H-pyrrole nitrogens is 1. The maximum atomic E-state index is 12.6. The highest BCUT2D eigenvalue weighted by atomic mass is 32.2. The Bertz CT molecular complexity index is 870. The number of rotatable bonds is 8. The zero-order chi connectivity index (χ0) is 19.3. The molecule has 0 spiro atoms. The average molecular weight is 394 g/mol. The number of carbonyl (C=O) groups is 1. The first-order valence-electron chi connectivity index (χ1n) is 9.48. The highest BCUT2D eigenvalue weighted by Crippen LogP contribution is 2.33. The molecular weight excluding hydrogens is 366 g/mol. The molecule has 0 amide bonds. The number of pyridine rings is 1. The molecule has 2 aromatic heterocycles. The number of esters is 1. The van der Waals surface area contributed by atoms with Crippen LogP contribution in [0.5, 0.6) is 0 Å². The number of unbranched alkanes of at least 4 members (excludes halogenated alkanes) is 2. The summed E-state index contributed by atoms with van der Waals surface area (Å²) >= 11 is 0. The van der Waals surface area contributed by atoms with E-state index < -0.39 is 10.0 Å². The number of hydrogen-bond donors (Lipinski definition) is 1. The third-order valence-electron chi connectivity index (χ3n) is 5.28. The Morgan fingerprint density at radius 3 is 2.81 bits per heavy atom. The largest absolute Gasteiger partial charge is 0.469 e. The molecule has 0 saturated carbocycles. The van der Waals surface area contributed by atoms with Gasteiger partial charge in [0, 0.05) is 37.3 Å². The molecule has 7 nitrogen and oxygen atoms in total. The molecule has 3 rings (SSSR count). The summed E-state index contributed by atoms with van der Waals surface area (Å²) in [6.07, 6.45) is 7.73. The van der Waals surface area contributed by atoms with Gasteiger partial charge >= 0.3 is 5.97 Å². The molecule has 27 heavy (non-hydrogen) atoms. The van der Waals surface area contributed by atoms with Crippen LogP contribution in [0.2, 0.25) is 0 Å². The van der Waals surface area contributed by atoms with Crippen molar-refractivity contribution in [3.05, 3.63) is 30.1 Å². The van der Waals surface area contributed by atoms with Crippen molar-refractivity contribution in [3.8, 4) is 0 Å². The molecule has 1 N–H and O–H groups in total. The van der Waals surface area contributed by atoms with Crippen molar-refractivity contribution in [2.24, 2.45) is 0 Å². The first-order chi connectivity index (χ1) is 13.0. The molecule has 1 fully saturated rings. The molecule has 8 heteroatoms. The number of piperidine rings is 1. The average Bonchev–Trinajstić information content (AvgIpc) is 3.11. The van der Waals surface area contributed by atoms with Crippen LogP contribution in [0.4, 0.5) is 0 Å². The topological polar surface area (TPSA) is 92.4 Å². The summed E-state index contributed by atoms with van der Waals surface area (Å²) in [6.45, 7) is 1.12. The molecular formula is C19H27N3O4S. The number of carbonyl (C=O) groups excluding carboxylic acids is 1. The second-order valence-corrected chi connectivity index (χ2v) is 9.11. The van der Waals surface area contributed by atoms with Gasteiger partial charge in [0.05, 0.1) is 12.9 Å². The lowest BCUT2D eigenvalue weighted by atomic mass is 9.90. The van der Waals surface area contributed by atoms with Crippen LogP contribution in [-0.2, 0) is 19.6 Å². The molecule has 0 aromatic carbocycles. The van der Waals surface area contributed by atoms with E-state index in [4.69, 9.17) is 0 Å². The Hall–Kier alpha value is -1.93. The van der Waals surface area contributed by atoms with E-state index in [-0.39, 0.29) is 11.7 Å². The first kappa shape index (κ1) is 19.8. The highest BCUT2D eigenvalue weighted by Gasteiger charge is 2.29. The molecule has 2 aromatic rings. The van der Waals surface area contributed by atoms with E-state index in [1.54, 1.807) is 10.5 Å². The van der Waals surface area contributed by atoms with Gasteiger partial charge in [-0.25, -0.2) is 17.7 Å². The first-order valence-corrected chi connectivity index (χ1v) is 11.1. The summed E-state index contributed by atoms with van der Waals surface area (Å²) in [4.78, 5) is 18.6. The monoisotopic (exact) mass is 393 g/mol. The Morgan fingerprint density at radius 1 is 1.30 bits per heavy atom. The van der Waals surface area contributed by atoms with Crippen molar-refractivity contribution >= 4 is 27.0 Å². The van der Waals surface area contributed by atoms with E-state index >= 15 is 0 Å². The van der Waals surface area contributed by atoms with Crippen molar-refractivity contribution in [1.82, 2.24) is 14.3 Å². The Balaban J connectivity index is 1.48. The maximum Gasteiger partial charge on any atom is 0.305 e. The van der Waals surface area contributed by atoms with Crippen molar-refractivity contribution in [2.45, 2.75) is 44.4 Å². The van der Waals surface area contributed by atoms with Crippen molar-refractivity contribution < 1.29 is 17.9 Å². The van der Waals surface area contributed by atoms with Gasteiger partial charge in [0.25, 0.3) is 0 Å². The zero-order valence-corrected chi connectivity index (χ0v) is 16.5. The van der Waals surface area contributed by atoms with Gasteiger partial charge in [-0.05, 0) is 49.3 Å².